The molecule has 0 bridgehead atoms. The zero-order valence-electron chi connectivity index (χ0n) is 9.12. The van der Waals surface area contributed by atoms with Gasteiger partial charge in [0.25, 0.3) is 0 Å². The summed E-state index contributed by atoms with van der Waals surface area (Å²) in [5.74, 6) is 0.757. The summed E-state index contributed by atoms with van der Waals surface area (Å²) in [7, 11) is 0. The molecule has 8 heteroatoms. The smallest absolute Gasteiger partial charge is 0.384 e. The Morgan fingerprint density at radius 2 is 2.12 bits per heavy atom. The maximum Gasteiger partial charge on any atom is 0.416 e. The van der Waals surface area contributed by atoms with E-state index < -0.39 is 18.8 Å². The summed E-state index contributed by atoms with van der Waals surface area (Å²) in [5.41, 5.74) is 5.45. The van der Waals surface area contributed by atoms with Gasteiger partial charge in [-0.2, -0.15) is 13.2 Å². The number of nitrogens with one attached hydrogen (secondary N) is 1. The molecule has 96 valence electrons. The number of halogens is 3. The van der Waals surface area contributed by atoms with Crippen molar-refractivity contribution in [2.75, 3.05) is 17.6 Å². The Labute approximate surface area is 95.9 Å². The van der Waals surface area contributed by atoms with Gasteiger partial charge in [0.15, 0.2) is 6.10 Å². The van der Waals surface area contributed by atoms with Crippen LogP contribution in [0.4, 0.5) is 24.8 Å². The summed E-state index contributed by atoms with van der Waals surface area (Å²) in [6.45, 7) is 1.12. The molecule has 0 fully saturated rings. The van der Waals surface area contributed by atoms with Crippen LogP contribution in [0.1, 0.15) is 12.7 Å². The summed E-state index contributed by atoms with van der Waals surface area (Å²) in [5, 5.41) is 11.1. The van der Waals surface area contributed by atoms with E-state index in [4.69, 9.17) is 10.8 Å². The van der Waals surface area contributed by atoms with Crippen molar-refractivity contribution < 1.29 is 18.3 Å². The number of anilines is 2. The molecule has 4 N–H and O–H groups in total. The number of nitrogens with two attached hydrogens (primary N) is 1. The summed E-state index contributed by atoms with van der Waals surface area (Å²) < 4.78 is 36.1. The SMILES string of the molecule is CCc1nc(N)cc(NCC(O)C(F)(F)F)n1. The number of hydrogen-bond donors (Lipinski definition) is 3. The van der Waals surface area contributed by atoms with Gasteiger partial charge < -0.3 is 16.2 Å². The van der Waals surface area contributed by atoms with Crippen LogP contribution in [0.2, 0.25) is 0 Å². The highest BCUT2D eigenvalue weighted by molar-refractivity contribution is 5.44. The van der Waals surface area contributed by atoms with Gasteiger partial charge in [0.2, 0.25) is 0 Å². The third-order valence-corrected chi connectivity index (χ3v) is 1.96. The Hall–Kier alpha value is -1.57. The summed E-state index contributed by atoms with van der Waals surface area (Å²) in [4.78, 5) is 7.80. The minimum Gasteiger partial charge on any atom is -0.384 e. The van der Waals surface area contributed by atoms with Crippen molar-refractivity contribution in [3.8, 4) is 0 Å². The fourth-order valence-electron chi connectivity index (χ4n) is 1.08. The van der Waals surface area contributed by atoms with Crippen LogP contribution < -0.4 is 11.1 Å². The van der Waals surface area contributed by atoms with Gasteiger partial charge in [-0.25, -0.2) is 9.97 Å². The molecule has 0 aromatic carbocycles. The molecule has 0 aliphatic rings. The standard InChI is InChI=1S/C9H13F3N4O/c1-2-7-15-6(13)3-8(16-7)14-4-5(17)9(10,11)12/h3,5,17H,2,4H2,1H3,(H3,13,14,15,16). The fourth-order valence-corrected chi connectivity index (χ4v) is 1.08. The van der Waals surface area contributed by atoms with Crippen LogP contribution in [0.3, 0.4) is 0 Å². The Morgan fingerprint density at radius 3 is 2.65 bits per heavy atom. The van der Waals surface area contributed by atoms with E-state index in [0.717, 1.165) is 0 Å². The summed E-state index contributed by atoms with van der Waals surface area (Å²) in [6, 6.07) is 1.31. The number of rotatable bonds is 4. The summed E-state index contributed by atoms with van der Waals surface area (Å²) >= 11 is 0. The monoisotopic (exact) mass is 250 g/mol. The fraction of sp³-hybridized carbons (Fsp3) is 0.556. The molecule has 1 unspecified atom stereocenters. The molecule has 0 saturated heterocycles. The number of alkyl halides is 3. The van der Waals surface area contributed by atoms with Crippen molar-refractivity contribution in [2.24, 2.45) is 0 Å². The van der Waals surface area contributed by atoms with Gasteiger partial charge in [-0.3, -0.25) is 0 Å². The van der Waals surface area contributed by atoms with Crippen molar-refractivity contribution in [1.29, 1.82) is 0 Å². The molecule has 0 radical (unpaired) electrons. The highest BCUT2D eigenvalue weighted by Gasteiger charge is 2.37. The minimum atomic E-state index is -4.65. The predicted octanol–water partition coefficient (Wildman–Crippen LogP) is 0.956. The number of hydrogen-bond acceptors (Lipinski definition) is 5. The van der Waals surface area contributed by atoms with Crippen LogP contribution in [0.15, 0.2) is 6.07 Å². The molecule has 0 amide bonds. The van der Waals surface area contributed by atoms with Gasteiger partial charge in [-0.05, 0) is 0 Å². The second-order valence-corrected chi connectivity index (χ2v) is 3.39. The van der Waals surface area contributed by atoms with Crippen molar-refractivity contribution in [3.05, 3.63) is 11.9 Å². The largest absolute Gasteiger partial charge is 0.416 e. The Balaban J connectivity index is 2.66. The van der Waals surface area contributed by atoms with Crippen LogP contribution in [0.5, 0.6) is 0 Å². The second kappa shape index (κ2) is 5.17. The van der Waals surface area contributed by atoms with Crippen LogP contribution in [-0.4, -0.2) is 33.9 Å². The average molecular weight is 250 g/mol. The molecule has 1 atom stereocenters. The average Bonchev–Trinajstić information content (AvgIpc) is 2.23. The molecule has 0 saturated carbocycles. The second-order valence-electron chi connectivity index (χ2n) is 3.39. The van der Waals surface area contributed by atoms with Crippen molar-refractivity contribution in [3.63, 3.8) is 0 Å². The van der Waals surface area contributed by atoms with E-state index in [2.05, 4.69) is 15.3 Å². The van der Waals surface area contributed by atoms with Gasteiger partial charge in [-0.1, -0.05) is 6.92 Å². The van der Waals surface area contributed by atoms with Crippen LogP contribution in [-0.2, 0) is 6.42 Å². The molecule has 1 heterocycles. The number of aryl methyl sites for hydroxylation is 1. The highest BCUT2D eigenvalue weighted by Crippen LogP contribution is 2.20. The Kier molecular flexibility index (Phi) is 4.11. The van der Waals surface area contributed by atoms with E-state index in [-0.39, 0.29) is 11.6 Å². The lowest BCUT2D eigenvalue weighted by atomic mass is 10.3. The lowest BCUT2D eigenvalue weighted by Gasteiger charge is -2.15. The van der Waals surface area contributed by atoms with Gasteiger partial charge in [0.05, 0.1) is 6.54 Å². The molecule has 1 aromatic rings. The zero-order chi connectivity index (χ0) is 13.1. The van der Waals surface area contributed by atoms with Crippen LogP contribution in [0, 0.1) is 0 Å². The molecule has 1 aromatic heterocycles. The molecule has 5 nitrogen and oxygen atoms in total. The normalized spacial score (nSPS) is 13.5. The van der Waals surface area contributed by atoms with Gasteiger partial charge in [0.1, 0.15) is 17.5 Å². The molecule has 17 heavy (non-hydrogen) atoms. The number of nitrogens with zero attached hydrogens (tertiary/aromatic N) is 2. The molecule has 0 aliphatic carbocycles. The molecule has 0 spiro atoms. The van der Waals surface area contributed by atoms with Gasteiger partial charge in [0, 0.05) is 12.5 Å². The first-order valence-electron chi connectivity index (χ1n) is 4.95. The lowest BCUT2D eigenvalue weighted by molar-refractivity contribution is -0.198. The number of aliphatic hydroxyl groups is 1. The lowest BCUT2D eigenvalue weighted by Crippen LogP contribution is -2.35. The van der Waals surface area contributed by atoms with Crippen LogP contribution in [0.25, 0.3) is 0 Å². The van der Waals surface area contributed by atoms with E-state index in [0.29, 0.717) is 12.2 Å². The van der Waals surface area contributed by atoms with E-state index in [1.54, 1.807) is 6.92 Å². The van der Waals surface area contributed by atoms with E-state index in [9.17, 15) is 13.2 Å². The number of nitrogen functional groups attached to an aromatic ring is 1. The molecular weight excluding hydrogens is 237 g/mol. The predicted molar refractivity (Wildman–Crippen MR) is 56.4 cm³/mol. The highest BCUT2D eigenvalue weighted by atomic mass is 19.4. The summed E-state index contributed by atoms with van der Waals surface area (Å²) in [6.07, 6.45) is -6.58. The quantitative estimate of drug-likeness (QED) is 0.741. The minimum absolute atomic E-state index is 0.164. The van der Waals surface area contributed by atoms with Crippen molar-refractivity contribution in [1.82, 2.24) is 9.97 Å². The zero-order valence-corrected chi connectivity index (χ0v) is 9.12. The molecule has 0 aliphatic heterocycles. The molecule has 1 rings (SSSR count). The Bertz CT molecular complexity index is 383. The first kappa shape index (κ1) is 13.5. The Morgan fingerprint density at radius 1 is 1.47 bits per heavy atom. The number of aromatic nitrogens is 2. The van der Waals surface area contributed by atoms with E-state index in [1.165, 1.54) is 6.07 Å². The molecular formula is C9H13F3N4O. The van der Waals surface area contributed by atoms with Crippen LogP contribution >= 0.6 is 0 Å². The van der Waals surface area contributed by atoms with Crippen molar-refractivity contribution in [2.45, 2.75) is 25.6 Å². The van der Waals surface area contributed by atoms with Gasteiger partial charge in [-0.15, -0.1) is 0 Å². The van der Waals surface area contributed by atoms with E-state index >= 15 is 0 Å². The van der Waals surface area contributed by atoms with E-state index in [1.807, 2.05) is 0 Å². The third kappa shape index (κ3) is 4.06. The van der Waals surface area contributed by atoms with Crippen molar-refractivity contribution >= 4 is 11.6 Å². The van der Waals surface area contributed by atoms with Gasteiger partial charge >= 0.3 is 6.18 Å². The number of aliphatic hydroxyl groups excluding tert-OH is 1. The maximum absolute atomic E-state index is 12.0. The third-order valence-electron chi connectivity index (χ3n) is 1.96. The first-order chi connectivity index (χ1) is 7.82. The topological polar surface area (TPSA) is 84.1 Å². The first-order valence-corrected chi connectivity index (χ1v) is 4.95. The maximum atomic E-state index is 12.0.